The molecule has 2 N–H and O–H groups in total. The summed E-state index contributed by atoms with van der Waals surface area (Å²) in [5.41, 5.74) is 0.747. The molecule has 28 heavy (non-hydrogen) atoms. The van der Waals surface area contributed by atoms with Crippen molar-refractivity contribution in [3.63, 3.8) is 0 Å². The Kier molecular flexibility index (Phi) is 6.32. The Morgan fingerprint density at radius 3 is 2.79 bits per heavy atom. The van der Waals surface area contributed by atoms with E-state index in [1.54, 1.807) is 18.2 Å². The minimum Gasteiger partial charge on any atom is -0.454 e. The maximum atomic E-state index is 12.5. The molecule has 4 amide bonds. The van der Waals surface area contributed by atoms with Gasteiger partial charge in [-0.1, -0.05) is 6.07 Å². The average Bonchev–Trinajstić information content (AvgIpc) is 3.26. The predicted molar refractivity (Wildman–Crippen MR) is 95.5 cm³/mol. The van der Waals surface area contributed by atoms with Crippen molar-refractivity contribution in [2.24, 2.45) is 0 Å². The number of hydrogen-bond donors (Lipinski definition) is 2. The molecule has 0 saturated carbocycles. The zero-order chi connectivity index (χ0) is 20.1. The molecule has 1 aromatic carbocycles. The zero-order valence-electron chi connectivity index (χ0n) is 15.7. The van der Waals surface area contributed by atoms with Crippen LogP contribution in [0.3, 0.4) is 0 Å². The Morgan fingerprint density at radius 2 is 2.04 bits per heavy atom. The molecule has 1 atom stereocenters. The van der Waals surface area contributed by atoms with Crippen molar-refractivity contribution in [2.75, 3.05) is 27.6 Å². The number of nitrogens with one attached hydrogen (secondary N) is 2. The van der Waals surface area contributed by atoms with Gasteiger partial charge in [-0.15, -0.1) is 0 Å². The van der Waals surface area contributed by atoms with E-state index in [0.717, 1.165) is 10.5 Å². The van der Waals surface area contributed by atoms with Crippen molar-refractivity contribution in [3.8, 4) is 11.5 Å². The van der Waals surface area contributed by atoms with Crippen LogP contribution in [0.1, 0.15) is 18.4 Å². The highest BCUT2D eigenvalue weighted by molar-refractivity contribution is 6.04. The van der Waals surface area contributed by atoms with Crippen molar-refractivity contribution in [3.05, 3.63) is 23.8 Å². The highest BCUT2D eigenvalue weighted by Gasteiger charge is 2.38. The molecule has 0 unspecified atom stereocenters. The van der Waals surface area contributed by atoms with Crippen molar-refractivity contribution < 1.29 is 33.3 Å². The number of fused-ring (bicyclic) bond motifs is 1. The quantitative estimate of drug-likeness (QED) is 0.459. The van der Waals surface area contributed by atoms with E-state index in [9.17, 15) is 14.4 Å². The number of carbonyl (C=O) groups excluding carboxylic acids is 3. The van der Waals surface area contributed by atoms with Crippen molar-refractivity contribution in [1.29, 1.82) is 0 Å². The summed E-state index contributed by atoms with van der Waals surface area (Å²) in [7, 11) is 2.95. The van der Waals surface area contributed by atoms with Gasteiger partial charge in [0, 0.05) is 20.6 Å². The summed E-state index contributed by atoms with van der Waals surface area (Å²) in [5, 5.41) is 5.28. The van der Waals surface area contributed by atoms with Crippen molar-refractivity contribution in [2.45, 2.75) is 31.7 Å². The first-order valence-electron chi connectivity index (χ1n) is 8.84. The van der Waals surface area contributed by atoms with Gasteiger partial charge in [-0.3, -0.25) is 14.5 Å². The summed E-state index contributed by atoms with van der Waals surface area (Å²) in [5.74, 6) is 0.606. The molecule has 1 aromatic rings. The monoisotopic (exact) mass is 393 g/mol. The molecular formula is C18H23N3O7. The number of urea groups is 1. The Bertz CT molecular complexity index is 751. The third-order valence-corrected chi connectivity index (χ3v) is 4.54. The maximum Gasteiger partial charge on any atom is 0.325 e. The lowest BCUT2D eigenvalue weighted by Crippen LogP contribution is -2.36. The van der Waals surface area contributed by atoms with Gasteiger partial charge in [0.05, 0.1) is 13.1 Å². The van der Waals surface area contributed by atoms with Crippen LogP contribution in [0.2, 0.25) is 0 Å². The first-order chi connectivity index (χ1) is 13.5. The number of amides is 4. The largest absolute Gasteiger partial charge is 0.454 e. The molecule has 10 heteroatoms. The third kappa shape index (κ3) is 4.52. The Labute approximate surface area is 162 Å². The minimum absolute atomic E-state index is 0.0920. The standard InChI is InChI=1S/C18H23N3O7/c1-25-16(26-2)8-19-15(22)6-4-12-17(23)21(18(24)20-12)9-11-3-5-13-14(7-11)28-10-27-13/h3,5,7,12,16H,4,6,8-10H2,1-2H3,(H,19,22)(H,20,24)/t12-/m0/s1. The van der Waals surface area contributed by atoms with Crippen LogP contribution in [0, 0.1) is 0 Å². The molecule has 152 valence electrons. The number of ether oxygens (including phenoxy) is 4. The number of methoxy groups -OCH3 is 2. The van der Waals surface area contributed by atoms with Crippen molar-refractivity contribution in [1.82, 2.24) is 15.5 Å². The smallest absolute Gasteiger partial charge is 0.325 e. The van der Waals surface area contributed by atoms with E-state index < -0.39 is 18.4 Å². The average molecular weight is 393 g/mol. The number of hydrogen-bond acceptors (Lipinski definition) is 7. The topological polar surface area (TPSA) is 115 Å². The van der Waals surface area contributed by atoms with Crippen LogP contribution in [0.25, 0.3) is 0 Å². The van der Waals surface area contributed by atoms with Gasteiger partial charge in [-0.05, 0) is 24.1 Å². The van der Waals surface area contributed by atoms with Crippen LogP contribution in [0.15, 0.2) is 18.2 Å². The summed E-state index contributed by atoms with van der Waals surface area (Å²) in [6.45, 7) is 0.474. The van der Waals surface area contributed by atoms with Crippen LogP contribution in [0.4, 0.5) is 4.79 Å². The lowest BCUT2D eigenvalue weighted by Gasteiger charge is -2.15. The molecule has 2 aliphatic heterocycles. The first-order valence-corrected chi connectivity index (χ1v) is 8.84. The third-order valence-electron chi connectivity index (χ3n) is 4.54. The summed E-state index contributed by atoms with van der Waals surface area (Å²) in [4.78, 5) is 37.8. The molecule has 2 aliphatic rings. The number of nitrogens with zero attached hydrogens (tertiary/aromatic N) is 1. The molecule has 0 aliphatic carbocycles. The van der Waals surface area contributed by atoms with Crippen LogP contribution >= 0.6 is 0 Å². The second kappa shape index (κ2) is 8.89. The first kappa shape index (κ1) is 19.9. The van der Waals surface area contributed by atoms with E-state index in [1.165, 1.54) is 14.2 Å². The fraction of sp³-hybridized carbons (Fsp3) is 0.500. The molecular weight excluding hydrogens is 370 g/mol. The summed E-state index contributed by atoms with van der Waals surface area (Å²) in [6.07, 6.45) is -0.234. The molecule has 1 fully saturated rings. The molecule has 0 radical (unpaired) electrons. The highest BCUT2D eigenvalue weighted by Crippen LogP contribution is 2.33. The maximum absolute atomic E-state index is 12.5. The van der Waals surface area contributed by atoms with E-state index in [0.29, 0.717) is 11.5 Å². The van der Waals surface area contributed by atoms with E-state index >= 15 is 0 Å². The van der Waals surface area contributed by atoms with E-state index in [-0.39, 0.29) is 44.5 Å². The normalized spacial score (nSPS) is 18.0. The van der Waals surface area contributed by atoms with Gasteiger partial charge in [-0.2, -0.15) is 0 Å². The summed E-state index contributed by atoms with van der Waals surface area (Å²) >= 11 is 0. The molecule has 0 aromatic heterocycles. The van der Waals surface area contributed by atoms with Crippen LogP contribution < -0.4 is 20.1 Å². The fourth-order valence-electron chi connectivity index (χ4n) is 2.97. The number of benzene rings is 1. The van der Waals surface area contributed by atoms with Gasteiger partial charge in [0.1, 0.15) is 6.04 Å². The Balaban J connectivity index is 1.50. The minimum atomic E-state index is -0.729. The van der Waals surface area contributed by atoms with E-state index in [4.69, 9.17) is 18.9 Å². The predicted octanol–water partition coefficient (Wildman–Crippen LogP) is 0.351. The second-order valence-corrected chi connectivity index (χ2v) is 6.36. The SMILES string of the molecule is COC(CNC(=O)CC[C@@H]1NC(=O)N(Cc2ccc3c(c2)OCO3)C1=O)OC. The lowest BCUT2D eigenvalue weighted by molar-refractivity contribution is -0.129. The van der Waals surface area contributed by atoms with Crippen LogP contribution in [-0.2, 0) is 25.6 Å². The molecule has 0 bridgehead atoms. The van der Waals surface area contributed by atoms with E-state index in [2.05, 4.69) is 10.6 Å². The van der Waals surface area contributed by atoms with Crippen molar-refractivity contribution >= 4 is 17.8 Å². The number of rotatable bonds is 9. The molecule has 0 spiro atoms. The number of carbonyl (C=O) groups is 3. The zero-order valence-corrected chi connectivity index (χ0v) is 15.7. The van der Waals surface area contributed by atoms with Gasteiger partial charge >= 0.3 is 6.03 Å². The molecule has 1 saturated heterocycles. The van der Waals surface area contributed by atoms with Crippen LogP contribution in [0.5, 0.6) is 11.5 Å². The van der Waals surface area contributed by atoms with Gasteiger partial charge in [0.2, 0.25) is 12.7 Å². The van der Waals surface area contributed by atoms with Gasteiger partial charge in [0.25, 0.3) is 5.91 Å². The Morgan fingerprint density at radius 1 is 1.29 bits per heavy atom. The van der Waals surface area contributed by atoms with E-state index in [1.807, 2.05) is 0 Å². The fourth-order valence-corrected chi connectivity index (χ4v) is 2.97. The highest BCUT2D eigenvalue weighted by atomic mass is 16.7. The summed E-state index contributed by atoms with van der Waals surface area (Å²) in [6, 6.07) is 4.05. The lowest BCUT2D eigenvalue weighted by atomic mass is 10.1. The molecule has 10 nitrogen and oxygen atoms in total. The Hall–Kier alpha value is -2.85. The summed E-state index contributed by atoms with van der Waals surface area (Å²) < 4.78 is 20.5. The van der Waals surface area contributed by atoms with Gasteiger partial charge in [0.15, 0.2) is 17.8 Å². The molecule has 2 heterocycles. The van der Waals surface area contributed by atoms with Crippen LogP contribution in [-0.4, -0.2) is 62.6 Å². The second-order valence-electron chi connectivity index (χ2n) is 6.36. The van der Waals surface area contributed by atoms with Gasteiger partial charge in [-0.25, -0.2) is 4.79 Å². The number of imide groups is 1. The van der Waals surface area contributed by atoms with Gasteiger partial charge < -0.3 is 29.6 Å². The molecule has 3 rings (SSSR count).